The van der Waals surface area contributed by atoms with Crippen LogP contribution >= 0.6 is 11.8 Å². The van der Waals surface area contributed by atoms with Crippen LogP contribution in [0.1, 0.15) is 19.4 Å². The van der Waals surface area contributed by atoms with Gasteiger partial charge in [0.1, 0.15) is 5.75 Å². The Labute approximate surface area is 151 Å². The first-order chi connectivity index (χ1) is 12.0. The zero-order valence-electron chi connectivity index (χ0n) is 15.1. The van der Waals surface area contributed by atoms with Crippen LogP contribution < -0.4 is 4.74 Å². The minimum absolute atomic E-state index is 0.184. The lowest BCUT2D eigenvalue weighted by Crippen LogP contribution is -2.12. The van der Waals surface area contributed by atoms with E-state index in [2.05, 4.69) is 28.6 Å². The van der Waals surface area contributed by atoms with Crippen molar-refractivity contribution in [1.82, 2.24) is 4.98 Å². The second-order valence-electron chi connectivity index (χ2n) is 5.64. The number of carbonyl (C=O) groups excluding carboxylic acids is 1. The number of esters is 1. The van der Waals surface area contributed by atoms with Crippen molar-refractivity contribution in [1.29, 1.82) is 0 Å². The zero-order chi connectivity index (χ0) is 18.4. The molecule has 134 valence electrons. The van der Waals surface area contributed by atoms with E-state index in [1.54, 1.807) is 14.2 Å². The zero-order valence-corrected chi connectivity index (χ0v) is 15.9. The number of nitrogens with zero attached hydrogens (tertiary/aromatic N) is 2. The number of ether oxygens (including phenoxy) is 2. The first-order valence-electron chi connectivity index (χ1n) is 7.90. The number of rotatable bonds is 5. The largest absolute Gasteiger partial charge is 0.497 e. The van der Waals surface area contributed by atoms with Crippen molar-refractivity contribution in [3.63, 3.8) is 0 Å². The van der Waals surface area contributed by atoms with Crippen LogP contribution in [0, 0.1) is 5.92 Å². The Hall–Kier alpha value is -2.28. The number of hydrogen-bond donors (Lipinski definition) is 1. The van der Waals surface area contributed by atoms with E-state index < -0.39 is 0 Å². The lowest BCUT2D eigenvalue weighted by Gasteiger charge is -2.10. The van der Waals surface area contributed by atoms with E-state index in [-0.39, 0.29) is 17.6 Å². The molecule has 0 fully saturated rings. The molecule has 7 heteroatoms. The van der Waals surface area contributed by atoms with Gasteiger partial charge in [0, 0.05) is 35.8 Å². The maximum atomic E-state index is 11.4. The molecule has 6 nitrogen and oxygen atoms in total. The van der Waals surface area contributed by atoms with Gasteiger partial charge in [-0.25, -0.2) is 4.99 Å². The Morgan fingerprint density at radius 2 is 2.08 bits per heavy atom. The molecule has 0 aliphatic heterocycles. The van der Waals surface area contributed by atoms with E-state index in [1.165, 1.54) is 18.9 Å². The minimum atomic E-state index is -0.299. The lowest BCUT2D eigenvalue weighted by molar-refractivity contribution is -0.137. The van der Waals surface area contributed by atoms with Crippen LogP contribution in [0.2, 0.25) is 0 Å². The molecule has 0 aliphatic rings. The van der Waals surface area contributed by atoms with Gasteiger partial charge in [-0.3, -0.25) is 9.79 Å². The van der Waals surface area contributed by atoms with Gasteiger partial charge in [-0.2, -0.15) is 0 Å². The molecule has 1 N–H and O–H groups in total. The topological polar surface area (TPSA) is 76.0 Å². The fourth-order valence-corrected chi connectivity index (χ4v) is 3.03. The van der Waals surface area contributed by atoms with Crippen molar-refractivity contribution in [3.05, 3.63) is 30.0 Å². The highest BCUT2D eigenvalue weighted by molar-refractivity contribution is 8.14. The van der Waals surface area contributed by atoms with Crippen molar-refractivity contribution < 1.29 is 14.3 Å². The third-order valence-electron chi connectivity index (χ3n) is 3.67. The van der Waals surface area contributed by atoms with Crippen LogP contribution in [0.4, 0.5) is 0 Å². The molecule has 0 spiro atoms. The Kier molecular flexibility index (Phi) is 6.64. The number of methoxy groups -OCH3 is 2. The van der Waals surface area contributed by atoms with Crippen molar-refractivity contribution in [2.75, 3.05) is 27.0 Å². The molecule has 2 aromatic rings. The highest BCUT2D eigenvalue weighted by atomic mass is 32.2. The van der Waals surface area contributed by atoms with Crippen LogP contribution in [-0.4, -0.2) is 48.9 Å². The first-order valence-corrected chi connectivity index (χ1v) is 8.89. The van der Waals surface area contributed by atoms with Gasteiger partial charge in [0.15, 0.2) is 5.17 Å². The fourth-order valence-electron chi connectivity index (χ4n) is 2.38. The summed E-state index contributed by atoms with van der Waals surface area (Å²) in [5.74, 6) is 0.875. The van der Waals surface area contributed by atoms with E-state index in [4.69, 9.17) is 9.73 Å². The Morgan fingerprint density at radius 3 is 2.68 bits per heavy atom. The quantitative estimate of drug-likeness (QED) is 0.502. The summed E-state index contributed by atoms with van der Waals surface area (Å²) in [6.07, 6.45) is 1.95. The third kappa shape index (κ3) is 4.63. The van der Waals surface area contributed by atoms with Crippen molar-refractivity contribution in [2.24, 2.45) is 15.9 Å². The van der Waals surface area contributed by atoms with Gasteiger partial charge >= 0.3 is 5.97 Å². The van der Waals surface area contributed by atoms with E-state index in [0.717, 1.165) is 27.9 Å². The predicted molar refractivity (Wildman–Crippen MR) is 104 cm³/mol. The van der Waals surface area contributed by atoms with Crippen molar-refractivity contribution in [3.8, 4) is 5.75 Å². The van der Waals surface area contributed by atoms with Gasteiger partial charge in [0.2, 0.25) is 0 Å². The fraction of sp³-hybridized carbons (Fsp3) is 0.389. The molecule has 2 rings (SSSR count). The molecule has 0 radical (unpaired) electrons. The van der Waals surface area contributed by atoms with E-state index in [1.807, 2.05) is 24.4 Å². The third-order valence-corrected chi connectivity index (χ3v) is 4.58. The number of aromatic amines is 1. The molecule has 0 atom stereocenters. The Balaban J connectivity index is 2.38. The standard InChI is InChI=1S/C18H23N3O3S/c1-11(2)17(21-18(19-3)25-10-16(22)24-5)14-9-20-15-8-12(23-4)6-7-13(14)15/h6-9,11,20H,10H2,1-5H3. The first kappa shape index (κ1) is 19.1. The molecular weight excluding hydrogens is 338 g/mol. The lowest BCUT2D eigenvalue weighted by atomic mass is 9.99. The second kappa shape index (κ2) is 8.71. The van der Waals surface area contributed by atoms with Gasteiger partial charge < -0.3 is 14.5 Å². The number of aromatic nitrogens is 1. The molecule has 0 amide bonds. The number of aliphatic imine (C=N–C) groups is 2. The van der Waals surface area contributed by atoms with Gasteiger partial charge in [-0.05, 0) is 18.1 Å². The molecule has 1 aromatic carbocycles. The number of H-pyrrole nitrogens is 1. The summed E-state index contributed by atoms with van der Waals surface area (Å²) in [7, 11) is 4.68. The monoisotopic (exact) mass is 361 g/mol. The van der Waals surface area contributed by atoms with E-state index in [9.17, 15) is 4.79 Å². The molecule has 25 heavy (non-hydrogen) atoms. The summed E-state index contributed by atoms with van der Waals surface area (Å²) in [4.78, 5) is 23.5. The van der Waals surface area contributed by atoms with Gasteiger partial charge in [0.05, 0.1) is 25.7 Å². The predicted octanol–water partition coefficient (Wildman–Crippen LogP) is 3.51. The average Bonchev–Trinajstić information content (AvgIpc) is 3.04. The number of amidine groups is 1. The summed E-state index contributed by atoms with van der Waals surface area (Å²) in [5, 5.41) is 1.62. The molecule has 1 heterocycles. The average molecular weight is 361 g/mol. The van der Waals surface area contributed by atoms with Crippen LogP contribution in [0.15, 0.2) is 34.4 Å². The van der Waals surface area contributed by atoms with E-state index in [0.29, 0.717) is 5.17 Å². The van der Waals surface area contributed by atoms with Gasteiger partial charge in [0.25, 0.3) is 0 Å². The molecule has 0 saturated carbocycles. The molecule has 0 bridgehead atoms. The summed E-state index contributed by atoms with van der Waals surface area (Å²) >= 11 is 1.27. The summed E-state index contributed by atoms with van der Waals surface area (Å²) in [6, 6.07) is 5.90. The highest BCUT2D eigenvalue weighted by Gasteiger charge is 2.16. The number of benzene rings is 1. The second-order valence-corrected chi connectivity index (χ2v) is 6.58. The molecule has 0 unspecified atom stereocenters. The summed E-state index contributed by atoms with van der Waals surface area (Å²) < 4.78 is 9.94. The number of carbonyl (C=O) groups is 1. The smallest absolute Gasteiger partial charge is 0.316 e. The normalized spacial score (nSPS) is 12.7. The van der Waals surface area contributed by atoms with Crippen LogP contribution in [-0.2, 0) is 9.53 Å². The van der Waals surface area contributed by atoms with Gasteiger partial charge in [-0.15, -0.1) is 0 Å². The molecular formula is C18H23N3O3S. The number of thioether (sulfide) groups is 1. The van der Waals surface area contributed by atoms with Crippen LogP contribution in [0.3, 0.4) is 0 Å². The maximum Gasteiger partial charge on any atom is 0.316 e. The SMILES string of the molecule is CN=C(N=C(c1c[nH]c2cc(OC)ccc12)C(C)C)SCC(=O)OC. The highest BCUT2D eigenvalue weighted by Crippen LogP contribution is 2.26. The molecule has 0 saturated heterocycles. The number of nitrogens with one attached hydrogen (secondary N) is 1. The van der Waals surface area contributed by atoms with Crippen molar-refractivity contribution >= 4 is 39.5 Å². The molecule has 1 aromatic heterocycles. The Morgan fingerprint density at radius 1 is 1.32 bits per heavy atom. The number of fused-ring (bicyclic) bond motifs is 1. The molecule has 0 aliphatic carbocycles. The van der Waals surface area contributed by atoms with Crippen LogP contribution in [0.25, 0.3) is 10.9 Å². The number of hydrogen-bond acceptors (Lipinski definition) is 5. The maximum absolute atomic E-state index is 11.4. The minimum Gasteiger partial charge on any atom is -0.497 e. The van der Waals surface area contributed by atoms with Gasteiger partial charge in [-0.1, -0.05) is 25.6 Å². The van der Waals surface area contributed by atoms with Crippen molar-refractivity contribution in [2.45, 2.75) is 13.8 Å². The van der Waals surface area contributed by atoms with E-state index >= 15 is 0 Å². The summed E-state index contributed by atoms with van der Waals surface area (Å²) in [6.45, 7) is 4.17. The van der Waals surface area contributed by atoms with Crippen LogP contribution in [0.5, 0.6) is 5.75 Å². The summed E-state index contributed by atoms with van der Waals surface area (Å²) in [5.41, 5.74) is 2.92. The Bertz CT molecular complexity index is 809.